The lowest BCUT2D eigenvalue weighted by Gasteiger charge is -2.05. The molecule has 1 aromatic heterocycles. The van der Waals surface area contributed by atoms with Crippen molar-refractivity contribution in [1.29, 1.82) is 0 Å². The first-order valence-corrected chi connectivity index (χ1v) is 6.38. The Balaban J connectivity index is 2.22. The van der Waals surface area contributed by atoms with Crippen LogP contribution < -0.4 is 9.61 Å². The fourth-order valence-corrected chi connectivity index (χ4v) is 2.34. The van der Waals surface area contributed by atoms with E-state index in [1.807, 2.05) is 0 Å². The maximum absolute atomic E-state index is 12.0. The Morgan fingerprint density at radius 1 is 1.50 bits per heavy atom. The maximum atomic E-state index is 12.0. The van der Waals surface area contributed by atoms with Gasteiger partial charge >= 0.3 is 4.87 Å². The summed E-state index contributed by atoms with van der Waals surface area (Å²) in [5.74, 6) is 0.348. The molecule has 0 bridgehead atoms. The Morgan fingerprint density at radius 3 is 2.83 bits per heavy atom. The molecule has 0 spiro atoms. The van der Waals surface area contributed by atoms with Gasteiger partial charge in [0.2, 0.25) is 0 Å². The zero-order valence-electron chi connectivity index (χ0n) is 9.55. The lowest BCUT2D eigenvalue weighted by Crippen LogP contribution is -2.18. The third-order valence-electron chi connectivity index (χ3n) is 2.43. The normalized spacial score (nSPS) is 10.3. The number of Topliss-reactive ketones (excluding diaryl/α,β-unsaturated/α-hetero) is 1. The number of thiazole rings is 1. The number of carbonyl (C=O) groups is 1. The van der Waals surface area contributed by atoms with Gasteiger partial charge in [-0.05, 0) is 18.2 Å². The first-order chi connectivity index (χ1) is 8.61. The summed E-state index contributed by atoms with van der Waals surface area (Å²) >= 11 is 7.00. The number of halogens is 1. The topological polar surface area (TPSA) is 48.3 Å². The van der Waals surface area contributed by atoms with E-state index in [0.717, 1.165) is 11.3 Å². The van der Waals surface area contributed by atoms with E-state index in [2.05, 4.69) is 0 Å². The van der Waals surface area contributed by atoms with Crippen LogP contribution in [-0.2, 0) is 6.54 Å². The number of hydrogen-bond acceptors (Lipinski definition) is 4. The SMILES string of the molecule is COc1ccc(C(=O)Cn2ccsc2=O)cc1Cl. The third kappa shape index (κ3) is 2.63. The molecule has 1 aromatic carbocycles. The number of aromatic nitrogens is 1. The van der Waals surface area contributed by atoms with Crippen molar-refractivity contribution in [3.8, 4) is 5.75 Å². The summed E-state index contributed by atoms with van der Waals surface area (Å²) in [4.78, 5) is 23.1. The van der Waals surface area contributed by atoms with E-state index in [4.69, 9.17) is 16.3 Å². The molecule has 0 saturated carbocycles. The summed E-state index contributed by atoms with van der Waals surface area (Å²) in [5.41, 5.74) is 0.457. The molecule has 0 aliphatic rings. The molecular weight excluding hydrogens is 274 g/mol. The Morgan fingerprint density at radius 2 is 2.28 bits per heavy atom. The lowest BCUT2D eigenvalue weighted by molar-refractivity contribution is 0.0971. The van der Waals surface area contributed by atoms with Crippen LogP contribution in [0.25, 0.3) is 0 Å². The van der Waals surface area contributed by atoms with Crippen molar-refractivity contribution in [2.75, 3.05) is 7.11 Å². The highest BCUT2D eigenvalue weighted by atomic mass is 35.5. The van der Waals surface area contributed by atoms with Crippen LogP contribution in [0.2, 0.25) is 5.02 Å². The fourth-order valence-electron chi connectivity index (χ4n) is 1.49. The average molecular weight is 284 g/mol. The standard InChI is InChI=1S/C12H10ClNO3S/c1-17-11-3-2-8(6-9(11)13)10(15)7-14-4-5-18-12(14)16/h2-6H,7H2,1H3. The Labute approximate surface area is 112 Å². The van der Waals surface area contributed by atoms with Crippen LogP contribution in [0.15, 0.2) is 34.6 Å². The molecule has 94 valence electrons. The number of carbonyl (C=O) groups excluding carboxylic acids is 1. The highest BCUT2D eigenvalue weighted by Crippen LogP contribution is 2.25. The minimum absolute atomic E-state index is 0.0188. The van der Waals surface area contributed by atoms with Gasteiger partial charge in [0.25, 0.3) is 0 Å². The molecular formula is C12H10ClNO3S. The van der Waals surface area contributed by atoms with Gasteiger partial charge in [-0.25, -0.2) is 0 Å². The quantitative estimate of drug-likeness (QED) is 0.810. The highest BCUT2D eigenvalue weighted by molar-refractivity contribution is 7.07. The Hall–Kier alpha value is -1.59. The van der Waals surface area contributed by atoms with Gasteiger partial charge in [0.05, 0.1) is 18.7 Å². The Bertz CT molecular complexity index is 632. The minimum Gasteiger partial charge on any atom is -0.495 e. The molecule has 0 unspecified atom stereocenters. The van der Waals surface area contributed by atoms with E-state index in [-0.39, 0.29) is 17.2 Å². The summed E-state index contributed by atoms with van der Waals surface area (Å²) in [6.45, 7) is 0.0188. The van der Waals surface area contributed by atoms with Crippen LogP contribution in [0.5, 0.6) is 5.75 Å². The van der Waals surface area contributed by atoms with Crippen LogP contribution in [-0.4, -0.2) is 17.5 Å². The molecule has 0 saturated heterocycles. The van der Waals surface area contributed by atoms with Crippen LogP contribution in [0.1, 0.15) is 10.4 Å². The predicted octanol–water partition coefficient (Wildman–Crippen LogP) is 2.45. The number of rotatable bonds is 4. The van der Waals surface area contributed by atoms with Gasteiger partial charge in [0.15, 0.2) is 5.78 Å². The van der Waals surface area contributed by atoms with Crippen molar-refractivity contribution in [2.45, 2.75) is 6.54 Å². The summed E-state index contributed by atoms with van der Waals surface area (Å²) in [7, 11) is 1.51. The van der Waals surface area contributed by atoms with Crippen molar-refractivity contribution in [3.63, 3.8) is 0 Å². The summed E-state index contributed by atoms with van der Waals surface area (Å²) in [6, 6.07) is 4.80. The molecule has 0 amide bonds. The molecule has 0 N–H and O–H groups in total. The first-order valence-electron chi connectivity index (χ1n) is 5.12. The molecule has 2 rings (SSSR count). The number of nitrogens with zero attached hydrogens (tertiary/aromatic N) is 1. The first kappa shape index (κ1) is 12.9. The minimum atomic E-state index is -0.167. The van der Waals surface area contributed by atoms with Crippen molar-refractivity contribution < 1.29 is 9.53 Å². The van der Waals surface area contributed by atoms with E-state index < -0.39 is 0 Å². The largest absolute Gasteiger partial charge is 0.495 e. The highest BCUT2D eigenvalue weighted by Gasteiger charge is 2.10. The third-order valence-corrected chi connectivity index (χ3v) is 3.42. The van der Waals surface area contributed by atoms with E-state index >= 15 is 0 Å². The average Bonchev–Trinajstić information content (AvgIpc) is 2.75. The van der Waals surface area contributed by atoms with E-state index in [0.29, 0.717) is 16.3 Å². The summed E-state index contributed by atoms with van der Waals surface area (Å²) in [5, 5.41) is 2.03. The van der Waals surface area contributed by atoms with Crippen molar-refractivity contribution in [1.82, 2.24) is 4.57 Å². The number of ketones is 1. The van der Waals surface area contributed by atoms with Crippen molar-refractivity contribution in [3.05, 3.63) is 50.0 Å². The molecule has 2 aromatic rings. The zero-order valence-corrected chi connectivity index (χ0v) is 11.1. The van der Waals surface area contributed by atoms with Gasteiger partial charge in [0, 0.05) is 17.1 Å². The second-order valence-electron chi connectivity index (χ2n) is 3.57. The van der Waals surface area contributed by atoms with Gasteiger partial charge in [0.1, 0.15) is 5.75 Å². The summed E-state index contributed by atoms with van der Waals surface area (Å²) < 4.78 is 6.37. The number of benzene rings is 1. The van der Waals surface area contributed by atoms with Gasteiger partial charge in [-0.15, -0.1) is 0 Å². The van der Waals surface area contributed by atoms with E-state index in [1.165, 1.54) is 11.7 Å². The molecule has 6 heteroatoms. The predicted molar refractivity (Wildman–Crippen MR) is 70.9 cm³/mol. The second-order valence-corrected chi connectivity index (χ2v) is 4.83. The van der Waals surface area contributed by atoms with Crippen LogP contribution >= 0.6 is 22.9 Å². The molecule has 0 aliphatic carbocycles. The monoisotopic (exact) mass is 283 g/mol. The van der Waals surface area contributed by atoms with Crippen LogP contribution in [0.4, 0.5) is 0 Å². The van der Waals surface area contributed by atoms with Gasteiger partial charge in [-0.1, -0.05) is 22.9 Å². The number of ether oxygens (including phenoxy) is 1. The smallest absolute Gasteiger partial charge is 0.307 e. The molecule has 0 aliphatic heterocycles. The molecule has 0 atom stereocenters. The van der Waals surface area contributed by atoms with Crippen LogP contribution in [0, 0.1) is 0 Å². The number of methoxy groups -OCH3 is 1. The number of hydrogen-bond donors (Lipinski definition) is 0. The van der Waals surface area contributed by atoms with Crippen molar-refractivity contribution in [2.24, 2.45) is 0 Å². The van der Waals surface area contributed by atoms with Crippen molar-refractivity contribution >= 4 is 28.7 Å². The van der Waals surface area contributed by atoms with Gasteiger partial charge in [-0.2, -0.15) is 0 Å². The molecule has 0 fully saturated rings. The van der Waals surface area contributed by atoms with Crippen LogP contribution in [0.3, 0.4) is 0 Å². The van der Waals surface area contributed by atoms with Gasteiger partial charge in [-0.3, -0.25) is 14.2 Å². The Kier molecular flexibility index (Phi) is 3.84. The molecule has 0 radical (unpaired) electrons. The molecule has 4 nitrogen and oxygen atoms in total. The van der Waals surface area contributed by atoms with Gasteiger partial charge < -0.3 is 4.74 Å². The lowest BCUT2D eigenvalue weighted by atomic mass is 10.1. The maximum Gasteiger partial charge on any atom is 0.307 e. The van der Waals surface area contributed by atoms with E-state index in [9.17, 15) is 9.59 Å². The summed E-state index contributed by atoms with van der Waals surface area (Å²) in [6.07, 6.45) is 1.59. The molecule has 18 heavy (non-hydrogen) atoms. The molecule has 1 heterocycles. The zero-order chi connectivity index (χ0) is 13.1. The second kappa shape index (κ2) is 5.37. The fraction of sp³-hybridized carbons (Fsp3) is 0.167. The van der Waals surface area contributed by atoms with E-state index in [1.54, 1.807) is 29.8 Å².